The van der Waals surface area contributed by atoms with E-state index in [9.17, 15) is 19.7 Å². The van der Waals surface area contributed by atoms with Gasteiger partial charge in [0.25, 0.3) is 17.5 Å². The van der Waals surface area contributed by atoms with Crippen LogP contribution in [0.25, 0.3) is 0 Å². The minimum Gasteiger partial charge on any atom is -0.489 e. The number of amides is 2. The van der Waals surface area contributed by atoms with Crippen molar-refractivity contribution in [2.75, 3.05) is 0 Å². The molecule has 7 rings (SSSR count). The lowest BCUT2D eigenvalue weighted by molar-refractivity contribution is -0.384. The van der Waals surface area contributed by atoms with Crippen LogP contribution >= 0.6 is 0 Å². The number of nitrogens with zero attached hydrogens (tertiary/aromatic N) is 3. The largest absolute Gasteiger partial charge is 0.489 e. The number of allylic oxidation sites excluding steroid dienone is 2. The summed E-state index contributed by atoms with van der Waals surface area (Å²) in [5.74, 6) is 1.31. The lowest BCUT2D eigenvalue weighted by Gasteiger charge is -2.37. The summed E-state index contributed by atoms with van der Waals surface area (Å²) >= 11 is 0. The van der Waals surface area contributed by atoms with Crippen LogP contribution in [-0.2, 0) is 16.2 Å². The summed E-state index contributed by atoms with van der Waals surface area (Å²) in [5, 5.41) is 16.1. The summed E-state index contributed by atoms with van der Waals surface area (Å²) in [7, 11) is 0. The molecule has 8 heteroatoms. The van der Waals surface area contributed by atoms with Gasteiger partial charge in [0, 0.05) is 12.1 Å². The normalized spacial score (nSPS) is 31.1. The number of benzene rings is 2. The minimum atomic E-state index is -0.439. The summed E-state index contributed by atoms with van der Waals surface area (Å²) in [6, 6.07) is 13.4. The molecule has 33 heavy (non-hydrogen) atoms. The molecule has 0 unspecified atom stereocenters. The number of ether oxygens (including phenoxy) is 1. The van der Waals surface area contributed by atoms with Crippen molar-refractivity contribution < 1.29 is 19.2 Å². The number of imide groups is 1. The molecule has 166 valence electrons. The van der Waals surface area contributed by atoms with Gasteiger partial charge in [0.1, 0.15) is 12.4 Å². The number of hydrogen-bond acceptors (Lipinski definition) is 6. The van der Waals surface area contributed by atoms with Crippen molar-refractivity contribution in [2.45, 2.75) is 13.0 Å². The summed E-state index contributed by atoms with van der Waals surface area (Å²) in [6.07, 6.45) is 6.96. The lowest BCUT2D eigenvalue weighted by Crippen LogP contribution is -2.40. The van der Waals surface area contributed by atoms with Gasteiger partial charge in [0.2, 0.25) is 0 Å². The molecule has 8 nitrogen and oxygen atoms in total. The molecule has 6 atom stereocenters. The number of rotatable bonds is 6. The van der Waals surface area contributed by atoms with Crippen LogP contribution in [0.15, 0.2) is 65.8 Å². The molecule has 0 aromatic heterocycles. The first-order valence-corrected chi connectivity index (χ1v) is 11.1. The van der Waals surface area contributed by atoms with Gasteiger partial charge in [-0.3, -0.25) is 19.7 Å². The van der Waals surface area contributed by atoms with Crippen LogP contribution in [0.1, 0.15) is 17.5 Å². The Balaban J connectivity index is 1.09. The zero-order chi connectivity index (χ0) is 22.7. The highest BCUT2D eigenvalue weighted by Crippen LogP contribution is 2.65. The number of nitro groups is 1. The van der Waals surface area contributed by atoms with E-state index >= 15 is 0 Å². The third kappa shape index (κ3) is 3.25. The van der Waals surface area contributed by atoms with Crippen LogP contribution in [0, 0.1) is 45.6 Å². The van der Waals surface area contributed by atoms with Crippen molar-refractivity contribution in [1.29, 1.82) is 0 Å². The van der Waals surface area contributed by atoms with E-state index in [0.717, 1.165) is 22.6 Å². The van der Waals surface area contributed by atoms with Gasteiger partial charge >= 0.3 is 0 Å². The van der Waals surface area contributed by atoms with Crippen LogP contribution in [0.4, 0.5) is 5.69 Å². The smallest absolute Gasteiger partial charge is 0.269 e. The van der Waals surface area contributed by atoms with Gasteiger partial charge in [-0.25, -0.2) is 0 Å². The maximum Gasteiger partial charge on any atom is 0.269 e. The molecule has 2 aromatic rings. The highest BCUT2D eigenvalue weighted by atomic mass is 16.6. The third-order valence-electron chi connectivity index (χ3n) is 7.39. The fourth-order valence-corrected chi connectivity index (χ4v) is 5.71. The fourth-order valence-electron chi connectivity index (χ4n) is 5.71. The van der Waals surface area contributed by atoms with E-state index in [2.05, 4.69) is 17.3 Å². The highest BCUT2D eigenvalue weighted by Gasteiger charge is 2.67. The molecular formula is C25H21N3O5. The molecule has 1 heterocycles. The topological polar surface area (TPSA) is 102 Å². The van der Waals surface area contributed by atoms with E-state index in [0.29, 0.717) is 17.6 Å². The van der Waals surface area contributed by atoms with Crippen LogP contribution in [0.2, 0.25) is 0 Å². The molecule has 2 amide bonds. The average molecular weight is 443 g/mol. The average Bonchev–Trinajstić information content (AvgIpc) is 3.62. The van der Waals surface area contributed by atoms with Gasteiger partial charge in [-0.2, -0.15) is 10.1 Å². The number of non-ortho nitro benzene ring substituents is 1. The Morgan fingerprint density at radius 1 is 0.970 bits per heavy atom. The first kappa shape index (κ1) is 19.8. The Kier molecular flexibility index (Phi) is 4.43. The summed E-state index contributed by atoms with van der Waals surface area (Å²) < 4.78 is 5.73. The summed E-state index contributed by atoms with van der Waals surface area (Å²) in [6.45, 7) is 0.281. The molecule has 1 aliphatic heterocycles. The molecule has 3 fully saturated rings. The van der Waals surface area contributed by atoms with E-state index in [1.165, 1.54) is 18.3 Å². The van der Waals surface area contributed by atoms with Gasteiger partial charge in [-0.15, -0.1) is 0 Å². The Morgan fingerprint density at radius 2 is 1.58 bits per heavy atom. The summed E-state index contributed by atoms with van der Waals surface area (Å²) in [4.78, 5) is 36.2. The second-order valence-corrected chi connectivity index (χ2v) is 9.17. The number of hydrazone groups is 1. The number of hydrogen-bond donors (Lipinski definition) is 0. The third-order valence-corrected chi connectivity index (χ3v) is 7.39. The zero-order valence-corrected chi connectivity index (χ0v) is 17.6. The number of nitro benzene ring substituents is 1. The first-order valence-electron chi connectivity index (χ1n) is 11.1. The Hall–Kier alpha value is -3.81. The van der Waals surface area contributed by atoms with E-state index in [1.54, 1.807) is 36.4 Å². The zero-order valence-electron chi connectivity index (χ0n) is 17.6. The van der Waals surface area contributed by atoms with Crippen molar-refractivity contribution in [3.05, 3.63) is 81.9 Å². The van der Waals surface area contributed by atoms with Gasteiger partial charge in [-0.1, -0.05) is 12.2 Å². The SMILES string of the molecule is O=C1[C@@H]2[C@@H]3C=C[C@H]([C@H]4C[C@H]34)[C@@H]2C(=O)N1/N=C\c1ccc(OCc2ccc([N+](=O)[O-])cc2)cc1. The van der Waals surface area contributed by atoms with E-state index in [1.807, 2.05) is 0 Å². The monoisotopic (exact) mass is 443 g/mol. The van der Waals surface area contributed by atoms with Crippen LogP contribution < -0.4 is 4.74 Å². The predicted octanol–water partition coefficient (Wildman–Crippen LogP) is 3.56. The van der Waals surface area contributed by atoms with Crippen LogP contribution in [0.5, 0.6) is 5.75 Å². The van der Waals surface area contributed by atoms with Crippen molar-refractivity contribution in [1.82, 2.24) is 5.01 Å². The Bertz CT molecular complexity index is 1170. The second kappa shape index (κ2) is 7.37. The minimum absolute atomic E-state index is 0.0392. The van der Waals surface area contributed by atoms with Crippen LogP contribution in [-0.4, -0.2) is 28.0 Å². The van der Waals surface area contributed by atoms with Crippen molar-refractivity contribution in [3.8, 4) is 5.75 Å². The molecule has 0 N–H and O–H groups in total. The van der Waals surface area contributed by atoms with Gasteiger partial charge in [-0.05, 0) is 77.6 Å². The van der Waals surface area contributed by atoms with Crippen LogP contribution in [0.3, 0.4) is 0 Å². The first-order chi connectivity index (χ1) is 16.0. The standard InChI is InChI=1S/C25H21N3O5/c29-24-22-18-9-10-19(21-11-20(18)21)23(22)25(30)27(24)26-12-14-3-7-17(8-4-14)33-13-15-1-5-16(6-2-15)28(31)32/h1-10,12,18-23H,11,13H2/b26-12-/t18-,19-,20-,21-,22-,23+/m1/s1. The maximum atomic E-state index is 13.0. The maximum absolute atomic E-state index is 13.0. The molecule has 2 bridgehead atoms. The Labute approximate surface area is 189 Å². The van der Waals surface area contributed by atoms with Crippen molar-refractivity contribution in [3.63, 3.8) is 0 Å². The molecule has 2 saturated carbocycles. The van der Waals surface area contributed by atoms with E-state index < -0.39 is 4.92 Å². The van der Waals surface area contributed by atoms with Gasteiger partial charge in [0.05, 0.1) is 23.0 Å². The molecule has 0 spiro atoms. The Morgan fingerprint density at radius 3 is 2.15 bits per heavy atom. The predicted molar refractivity (Wildman–Crippen MR) is 118 cm³/mol. The molecule has 2 aromatic carbocycles. The number of carbonyl (C=O) groups excluding carboxylic acids is 2. The quantitative estimate of drug-likeness (QED) is 0.223. The van der Waals surface area contributed by atoms with Crippen molar-refractivity contribution >= 4 is 23.7 Å². The fraction of sp³-hybridized carbons (Fsp3) is 0.320. The second-order valence-electron chi connectivity index (χ2n) is 9.17. The highest BCUT2D eigenvalue weighted by molar-refractivity contribution is 6.06. The van der Waals surface area contributed by atoms with Gasteiger partial charge < -0.3 is 4.74 Å². The van der Waals surface area contributed by atoms with Crippen molar-refractivity contribution in [2.24, 2.45) is 40.6 Å². The summed E-state index contributed by atoms with van der Waals surface area (Å²) in [5.41, 5.74) is 1.61. The number of carbonyl (C=O) groups is 2. The lowest BCUT2D eigenvalue weighted by atomic mass is 9.63. The van der Waals surface area contributed by atoms with E-state index in [-0.39, 0.29) is 47.8 Å². The molecule has 1 saturated heterocycles. The molecule has 5 aliphatic rings. The molecule has 4 aliphatic carbocycles. The molecule has 0 radical (unpaired) electrons. The van der Waals surface area contributed by atoms with E-state index in [4.69, 9.17) is 4.74 Å². The van der Waals surface area contributed by atoms with Gasteiger partial charge in [0.15, 0.2) is 0 Å². The molecular weight excluding hydrogens is 422 g/mol.